The fraction of sp³-hybridized carbons (Fsp3) is 0.265. The number of aromatic nitrogens is 2. The molecule has 0 radical (unpaired) electrons. The Kier molecular flexibility index (Phi) is 8.54. The van der Waals surface area contributed by atoms with Gasteiger partial charge in [-0.3, -0.25) is 14.6 Å². The standard InChI is InChI=1S/C34H31ClF2N6O4/c1-34(33(39)45)16-47-30-24(34)13-25(43-29(30)22-8-9-40-31(37)27(22)35)23(17-4-3-5-20(36)11-17)15-42-32(44)18-10-19(14-41-21-6-7-21)28(38)26(12-18)46-2/h3-5,8-14,21,23H,6-7,15-16,38H2,1-2H3,(H2,39,45)(H,42,44)/t23-,34-/m0/s1. The second-order valence-corrected chi connectivity index (χ2v) is 12.1. The number of aliphatic imine (C=N–C) groups is 1. The van der Waals surface area contributed by atoms with Gasteiger partial charge < -0.3 is 26.3 Å². The van der Waals surface area contributed by atoms with Crippen molar-refractivity contribution in [2.24, 2.45) is 10.7 Å². The lowest BCUT2D eigenvalue weighted by Gasteiger charge is -2.23. The van der Waals surface area contributed by atoms with Crippen molar-refractivity contribution in [1.29, 1.82) is 0 Å². The number of halogens is 3. The number of anilines is 1. The van der Waals surface area contributed by atoms with Gasteiger partial charge in [-0.15, -0.1) is 0 Å². The van der Waals surface area contributed by atoms with Crippen LogP contribution >= 0.6 is 11.6 Å². The molecule has 10 nitrogen and oxygen atoms in total. The van der Waals surface area contributed by atoms with Crippen LogP contribution in [0.1, 0.15) is 58.4 Å². The van der Waals surface area contributed by atoms with Crippen LogP contribution in [0, 0.1) is 11.8 Å². The molecule has 47 heavy (non-hydrogen) atoms. The number of amides is 2. The normalized spacial score (nSPS) is 17.6. The van der Waals surface area contributed by atoms with Crippen molar-refractivity contribution < 1.29 is 27.8 Å². The highest BCUT2D eigenvalue weighted by Crippen LogP contribution is 2.47. The maximum absolute atomic E-state index is 14.6. The molecular formula is C34H31ClF2N6O4. The number of nitrogens with zero attached hydrogens (tertiary/aromatic N) is 3. The Labute approximate surface area is 274 Å². The molecule has 1 fully saturated rings. The first kappa shape index (κ1) is 31.9. The molecule has 242 valence electrons. The summed E-state index contributed by atoms with van der Waals surface area (Å²) in [7, 11) is 1.46. The van der Waals surface area contributed by atoms with Gasteiger partial charge in [-0.25, -0.2) is 14.4 Å². The zero-order valence-corrected chi connectivity index (χ0v) is 26.3. The molecule has 2 atom stereocenters. The van der Waals surface area contributed by atoms with Crippen LogP contribution in [0.2, 0.25) is 5.02 Å². The van der Waals surface area contributed by atoms with E-state index >= 15 is 0 Å². The Hall–Kier alpha value is -5.10. The predicted molar refractivity (Wildman–Crippen MR) is 173 cm³/mol. The van der Waals surface area contributed by atoms with E-state index in [1.807, 2.05) is 0 Å². The van der Waals surface area contributed by atoms with Crippen molar-refractivity contribution in [3.8, 4) is 22.8 Å². The van der Waals surface area contributed by atoms with E-state index in [1.165, 1.54) is 43.6 Å². The molecule has 0 spiro atoms. The molecule has 2 aliphatic rings. The third-order valence-electron chi connectivity index (χ3n) is 8.44. The van der Waals surface area contributed by atoms with Gasteiger partial charge in [0.25, 0.3) is 5.91 Å². The summed E-state index contributed by atoms with van der Waals surface area (Å²) in [4.78, 5) is 39.2. The van der Waals surface area contributed by atoms with Crippen LogP contribution in [0.15, 0.2) is 59.7 Å². The SMILES string of the molecule is COc1cc(C(=O)NC[C@@H](c2cccc(F)c2)c2cc3c(c(-c4ccnc(F)c4Cl)n2)OC[C@]3(C)C(N)=O)cc(C=NC2CC2)c1N. The van der Waals surface area contributed by atoms with Crippen LogP contribution in [-0.2, 0) is 10.2 Å². The lowest BCUT2D eigenvalue weighted by atomic mass is 9.81. The van der Waals surface area contributed by atoms with E-state index in [2.05, 4.69) is 15.3 Å². The third-order valence-corrected chi connectivity index (χ3v) is 8.80. The molecular weight excluding hydrogens is 630 g/mol. The number of benzene rings is 2. The van der Waals surface area contributed by atoms with Crippen LogP contribution in [0.5, 0.6) is 11.5 Å². The number of carbonyl (C=O) groups is 2. The number of hydrogen-bond acceptors (Lipinski definition) is 8. The zero-order chi connectivity index (χ0) is 33.5. The van der Waals surface area contributed by atoms with E-state index in [0.29, 0.717) is 33.8 Å². The molecule has 0 unspecified atom stereocenters. The number of nitrogens with two attached hydrogens (primary N) is 2. The molecule has 1 aliphatic heterocycles. The molecule has 4 aromatic rings. The maximum atomic E-state index is 14.6. The molecule has 2 amide bonds. The smallest absolute Gasteiger partial charge is 0.251 e. The number of carbonyl (C=O) groups excluding carboxylic acids is 2. The minimum absolute atomic E-state index is 0.0573. The number of hydrogen-bond donors (Lipinski definition) is 3. The van der Waals surface area contributed by atoms with Crippen molar-refractivity contribution in [1.82, 2.24) is 15.3 Å². The molecule has 1 saturated carbocycles. The first-order chi connectivity index (χ1) is 22.5. The quantitative estimate of drug-likeness (QED) is 0.124. The monoisotopic (exact) mass is 660 g/mol. The van der Waals surface area contributed by atoms with Gasteiger partial charge in [0, 0.05) is 47.1 Å². The largest absolute Gasteiger partial charge is 0.495 e. The number of primary amides is 1. The number of nitrogens with one attached hydrogen (secondary N) is 1. The second kappa shape index (κ2) is 12.6. The van der Waals surface area contributed by atoms with Gasteiger partial charge >= 0.3 is 0 Å². The zero-order valence-electron chi connectivity index (χ0n) is 25.5. The molecule has 2 aromatic carbocycles. The highest BCUT2D eigenvalue weighted by atomic mass is 35.5. The number of nitrogen functional groups attached to an aromatic ring is 1. The van der Waals surface area contributed by atoms with Crippen LogP contribution in [-0.4, -0.2) is 54.3 Å². The second-order valence-electron chi connectivity index (χ2n) is 11.7. The van der Waals surface area contributed by atoms with E-state index in [4.69, 9.17) is 37.5 Å². The molecule has 1 aliphatic carbocycles. The first-order valence-electron chi connectivity index (χ1n) is 14.8. The summed E-state index contributed by atoms with van der Waals surface area (Å²) in [6, 6.07) is 12.4. The number of methoxy groups -OCH3 is 1. The van der Waals surface area contributed by atoms with Crippen LogP contribution in [0.25, 0.3) is 11.3 Å². The summed E-state index contributed by atoms with van der Waals surface area (Å²) in [5.41, 5.74) is 13.5. The highest BCUT2D eigenvalue weighted by molar-refractivity contribution is 6.33. The van der Waals surface area contributed by atoms with Crippen LogP contribution in [0.3, 0.4) is 0 Å². The van der Waals surface area contributed by atoms with Gasteiger partial charge in [-0.2, -0.15) is 4.39 Å². The Morgan fingerprint density at radius 3 is 2.72 bits per heavy atom. The Morgan fingerprint density at radius 2 is 2.02 bits per heavy atom. The van der Waals surface area contributed by atoms with Crippen LogP contribution in [0.4, 0.5) is 14.5 Å². The average Bonchev–Trinajstić information content (AvgIpc) is 3.82. The minimum atomic E-state index is -1.27. The van der Waals surface area contributed by atoms with E-state index in [-0.39, 0.29) is 46.8 Å². The summed E-state index contributed by atoms with van der Waals surface area (Å²) < 4.78 is 40.5. The van der Waals surface area contributed by atoms with E-state index in [0.717, 1.165) is 12.8 Å². The molecule has 3 heterocycles. The number of fused-ring (bicyclic) bond motifs is 1. The third kappa shape index (κ3) is 6.20. The van der Waals surface area contributed by atoms with Crippen LogP contribution < -0.4 is 26.3 Å². The molecule has 6 rings (SSSR count). The van der Waals surface area contributed by atoms with Crippen molar-refractivity contribution >= 4 is 35.3 Å². The van der Waals surface area contributed by atoms with Gasteiger partial charge in [0.15, 0.2) is 0 Å². The van der Waals surface area contributed by atoms with Crippen molar-refractivity contribution in [2.45, 2.75) is 37.1 Å². The Morgan fingerprint density at radius 1 is 1.23 bits per heavy atom. The summed E-state index contributed by atoms with van der Waals surface area (Å²) in [5.74, 6) is -2.78. The molecule has 0 bridgehead atoms. The lowest BCUT2D eigenvalue weighted by molar-refractivity contribution is -0.123. The van der Waals surface area contributed by atoms with Gasteiger partial charge in [-0.1, -0.05) is 23.7 Å². The Balaban J connectivity index is 1.43. The average molecular weight is 661 g/mol. The number of ether oxygens (including phenoxy) is 2. The van der Waals surface area contributed by atoms with Gasteiger partial charge in [0.05, 0.1) is 24.5 Å². The van der Waals surface area contributed by atoms with E-state index < -0.39 is 34.9 Å². The summed E-state index contributed by atoms with van der Waals surface area (Å²) in [5, 5.41) is 2.62. The fourth-order valence-electron chi connectivity index (χ4n) is 5.45. The topological polar surface area (TPSA) is 155 Å². The lowest BCUT2D eigenvalue weighted by Crippen LogP contribution is -2.40. The van der Waals surface area contributed by atoms with E-state index in [9.17, 15) is 18.4 Å². The predicted octanol–water partition coefficient (Wildman–Crippen LogP) is 4.94. The molecule has 5 N–H and O–H groups in total. The molecule has 13 heteroatoms. The number of pyridine rings is 2. The van der Waals surface area contributed by atoms with E-state index in [1.54, 1.807) is 31.3 Å². The fourth-order valence-corrected chi connectivity index (χ4v) is 5.65. The highest BCUT2D eigenvalue weighted by Gasteiger charge is 2.44. The van der Waals surface area contributed by atoms with Gasteiger partial charge in [0.1, 0.15) is 40.1 Å². The summed E-state index contributed by atoms with van der Waals surface area (Å²) in [6.07, 6.45) is 4.87. The maximum Gasteiger partial charge on any atom is 0.251 e. The van der Waals surface area contributed by atoms with Gasteiger partial charge in [-0.05, 0) is 61.7 Å². The molecule has 2 aromatic heterocycles. The molecule has 0 saturated heterocycles. The van der Waals surface area contributed by atoms with Crippen molar-refractivity contribution in [2.75, 3.05) is 26.0 Å². The number of rotatable bonds is 10. The summed E-state index contributed by atoms with van der Waals surface area (Å²) >= 11 is 6.34. The summed E-state index contributed by atoms with van der Waals surface area (Å²) in [6.45, 7) is 1.48. The Bertz CT molecular complexity index is 1940. The first-order valence-corrected chi connectivity index (χ1v) is 15.2. The van der Waals surface area contributed by atoms with Crippen molar-refractivity contribution in [3.05, 3.63) is 99.5 Å². The van der Waals surface area contributed by atoms with Gasteiger partial charge in [0.2, 0.25) is 11.9 Å². The van der Waals surface area contributed by atoms with Crippen molar-refractivity contribution in [3.63, 3.8) is 0 Å². The minimum Gasteiger partial charge on any atom is -0.495 e.